The van der Waals surface area contributed by atoms with Crippen molar-refractivity contribution in [2.75, 3.05) is 33.4 Å². The zero-order valence-corrected chi connectivity index (χ0v) is 14.6. The fourth-order valence-electron chi connectivity index (χ4n) is 3.51. The number of nitrogens with zero attached hydrogens (tertiary/aromatic N) is 2. The summed E-state index contributed by atoms with van der Waals surface area (Å²) in [7, 11) is 1.74. The standard InChI is InChI=1S/C19H27N3O2/c1-15-13-22(18-6-4-3-5-17(15)18)14-19(23)20-16-7-9-21(10-8-16)11-12-24-2/h3-6,13,16H,7-12,14H2,1-2H3,(H,20,23). The molecule has 2 aromatic rings. The Balaban J connectivity index is 1.53. The molecule has 5 nitrogen and oxygen atoms in total. The van der Waals surface area contributed by atoms with E-state index in [1.54, 1.807) is 7.11 Å². The highest BCUT2D eigenvalue weighted by Gasteiger charge is 2.20. The van der Waals surface area contributed by atoms with E-state index in [4.69, 9.17) is 4.74 Å². The number of amides is 1. The van der Waals surface area contributed by atoms with Gasteiger partial charge in [-0.3, -0.25) is 4.79 Å². The first kappa shape index (κ1) is 17.0. The van der Waals surface area contributed by atoms with Crippen LogP contribution in [0.5, 0.6) is 0 Å². The number of nitrogens with one attached hydrogen (secondary N) is 1. The van der Waals surface area contributed by atoms with Gasteiger partial charge in [-0.05, 0) is 31.4 Å². The van der Waals surface area contributed by atoms with Gasteiger partial charge in [0.25, 0.3) is 0 Å². The van der Waals surface area contributed by atoms with Crippen LogP contribution in [-0.4, -0.2) is 54.8 Å². The summed E-state index contributed by atoms with van der Waals surface area (Å²) in [5.74, 6) is 0.103. The molecule has 0 bridgehead atoms. The summed E-state index contributed by atoms with van der Waals surface area (Å²) in [5.41, 5.74) is 2.34. The van der Waals surface area contributed by atoms with E-state index >= 15 is 0 Å². The van der Waals surface area contributed by atoms with E-state index in [-0.39, 0.29) is 5.91 Å². The third-order valence-corrected chi connectivity index (χ3v) is 4.87. The molecule has 0 atom stereocenters. The van der Waals surface area contributed by atoms with Gasteiger partial charge in [0.05, 0.1) is 6.61 Å². The van der Waals surface area contributed by atoms with Gasteiger partial charge in [0.15, 0.2) is 0 Å². The maximum atomic E-state index is 12.4. The maximum Gasteiger partial charge on any atom is 0.240 e. The monoisotopic (exact) mass is 329 g/mol. The Kier molecular flexibility index (Phi) is 5.53. The number of methoxy groups -OCH3 is 1. The van der Waals surface area contributed by atoms with E-state index in [0.717, 1.165) is 44.6 Å². The molecule has 1 aromatic heterocycles. The average Bonchev–Trinajstić information content (AvgIpc) is 2.90. The van der Waals surface area contributed by atoms with Crippen LogP contribution in [0.2, 0.25) is 0 Å². The van der Waals surface area contributed by atoms with Crippen LogP contribution in [0.3, 0.4) is 0 Å². The van der Waals surface area contributed by atoms with E-state index in [1.807, 2.05) is 16.7 Å². The van der Waals surface area contributed by atoms with Crippen molar-refractivity contribution in [1.82, 2.24) is 14.8 Å². The number of aromatic nitrogens is 1. The smallest absolute Gasteiger partial charge is 0.240 e. The predicted molar refractivity (Wildman–Crippen MR) is 96.2 cm³/mol. The van der Waals surface area contributed by atoms with Crippen molar-refractivity contribution in [2.24, 2.45) is 0 Å². The number of rotatable bonds is 6. The number of carbonyl (C=O) groups is 1. The Morgan fingerprint density at radius 3 is 2.79 bits per heavy atom. The van der Waals surface area contributed by atoms with Crippen molar-refractivity contribution in [3.8, 4) is 0 Å². The van der Waals surface area contributed by atoms with Crippen LogP contribution in [0.4, 0.5) is 0 Å². The van der Waals surface area contributed by atoms with Crippen LogP contribution in [0.1, 0.15) is 18.4 Å². The van der Waals surface area contributed by atoms with Gasteiger partial charge in [-0.2, -0.15) is 0 Å². The minimum absolute atomic E-state index is 0.103. The van der Waals surface area contributed by atoms with E-state index in [1.165, 1.54) is 10.9 Å². The van der Waals surface area contributed by atoms with Crippen molar-refractivity contribution in [3.63, 3.8) is 0 Å². The predicted octanol–water partition coefficient (Wildman–Crippen LogP) is 2.18. The van der Waals surface area contributed by atoms with Gasteiger partial charge in [-0.15, -0.1) is 0 Å². The molecule has 130 valence electrons. The number of para-hydroxylation sites is 1. The second-order valence-corrected chi connectivity index (χ2v) is 6.63. The van der Waals surface area contributed by atoms with Crippen LogP contribution >= 0.6 is 0 Å². The van der Waals surface area contributed by atoms with E-state index in [0.29, 0.717) is 12.6 Å². The molecule has 1 N–H and O–H groups in total. The Bertz CT molecular complexity index is 687. The van der Waals surface area contributed by atoms with Gasteiger partial charge < -0.3 is 19.5 Å². The number of fused-ring (bicyclic) bond motifs is 1. The Hall–Kier alpha value is -1.85. The molecule has 1 amide bonds. The molecule has 1 aromatic carbocycles. The van der Waals surface area contributed by atoms with Crippen LogP contribution in [0, 0.1) is 6.92 Å². The van der Waals surface area contributed by atoms with Crippen molar-refractivity contribution in [1.29, 1.82) is 0 Å². The molecule has 0 spiro atoms. The molecule has 3 rings (SSSR count). The van der Waals surface area contributed by atoms with E-state index in [9.17, 15) is 4.79 Å². The number of benzene rings is 1. The topological polar surface area (TPSA) is 46.5 Å². The fourth-order valence-corrected chi connectivity index (χ4v) is 3.51. The minimum atomic E-state index is 0.103. The Labute approximate surface area is 143 Å². The summed E-state index contributed by atoms with van der Waals surface area (Å²) in [6.45, 7) is 6.29. The zero-order valence-electron chi connectivity index (χ0n) is 14.6. The van der Waals surface area contributed by atoms with Crippen molar-refractivity contribution in [3.05, 3.63) is 36.0 Å². The van der Waals surface area contributed by atoms with Crippen LogP contribution in [-0.2, 0) is 16.1 Å². The lowest BCUT2D eigenvalue weighted by atomic mass is 10.1. The molecule has 0 radical (unpaired) electrons. The summed E-state index contributed by atoms with van der Waals surface area (Å²) in [6, 6.07) is 8.53. The van der Waals surface area contributed by atoms with Crippen LogP contribution in [0.15, 0.2) is 30.5 Å². The molecule has 5 heteroatoms. The Morgan fingerprint density at radius 1 is 1.29 bits per heavy atom. The van der Waals surface area contributed by atoms with Crippen molar-refractivity contribution in [2.45, 2.75) is 32.4 Å². The molecule has 1 aliphatic heterocycles. The first-order valence-electron chi connectivity index (χ1n) is 8.72. The summed E-state index contributed by atoms with van der Waals surface area (Å²) < 4.78 is 7.17. The summed E-state index contributed by atoms with van der Waals surface area (Å²) >= 11 is 0. The number of piperidine rings is 1. The van der Waals surface area contributed by atoms with Gasteiger partial charge in [-0.1, -0.05) is 18.2 Å². The number of hydrogen-bond acceptors (Lipinski definition) is 3. The summed E-state index contributed by atoms with van der Waals surface area (Å²) in [6.07, 6.45) is 4.10. The quantitative estimate of drug-likeness (QED) is 0.883. The molecule has 1 aliphatic rings. The molecule has 0 aliphatic carbocycles. The van der Waals surface area contributed by atoms with E-state index < -0.39 is 0 Å². The first-order valence-corrected chi connectivity index (χ1v) is 8.72. The SMILES string of the molecule is COCCN1CCC(NC(=O)Cn2cc(C)c3ccccc32)CC1. The lowest BCUT2D eigenvalue weighted by Crippen LogP contribution is -2.46. The van der Waals surface area contributed by atoms with Crippen LogP contribution < -0.4 is 5.32 Å². The second-order valence-electron chi connectivity index (χ2n) is 6.63. The Morgan fingerprint density at radius 2 is 2.04 bits per heavy atom. The fraction of sp³-hybridized carbons (Fsp3) is 0.526. The first-order chi connectivity index (χ1) is 11.7. The lowest BCUT2D eigenvalue weighted by molar-refractivity contribution is -0.122. The highest BCUT2D eigenvalue weighted by Crippen LogP contribution is 2.20. The maximum absolute atomic E-state index is 12.4. The average molecular weight is 329 g/mol. The summed E-state index contributed by atoms with van der Waals surface area (Å²) in [4.78, 5) is 14.8. The molecule has 1 fully saturated rings. The van der Waals surface area contributed by atoms with Crippen molar-refractivity contribution < 1.29 is 9.53 Å². The van der Waals surface area contributed by atoms with Gasteiger partial charge in [0.1, 0.15) is 6.54 Å². The lowest BCUT2D eigenvalue weighted by Gasteiger charge is -2.32. The molecule has 0 unspecified atom stereocenters. The third kappa shape index (κ3) is 3.97. The number of carbonyl (C=O) groups excluding carboxylic acids is 1. The van der Waals surface area contributed by atoms with Crippen molar-refractivity contribution >= 4 is 16.8 Å². The minimum Gasteiger partial charge on any atom is -0.383 e. The molecular weight excluding hydrogens is 302 g/mol. The van der Waals surface area contributed by atoms with Crippen LogP contribution in [0.25, 0.3) is 10.9 Å². The zero-order chi connectivity index (χ0) is 16.9. The highest BCUT2D eigenvalue weighted by molar-refractivity contribution is 5.86. The van der Waals surface area contributed by atoms with Gasteiger partial charge in [-0.25, -0.2) is 0 Å². The number of aryl methyl sites for hydroxylation is 1. The second kappa shape index (κ2) is 7.81. The molecule has 2 heterocycles. The molecular formula is C19H27N3O2. The van der Waals surface area contributed by atoms with Gasteiger partial charge >= 0.3 is 0 Å². The highest BCUT2D eigenvalue weighted by atomic mass is 16.5. The number of likely N-dealkylation sites (tertiary alicyclic amines) is 1. The molecule has 1 saturated heterocycles. The van der Waals surface area contributed by atoms with E-state index in [2.05, 4.69) is 35.5 Å². The number of ether oxygens (including phenoxy) is 1. The number of hydrogen-bond donors (Lipinski definition) is 1. The summed E-state index contributed by atoms with van der Waals surface area (Å²) in [5, 5.41) is 4.42. The normalized spacial score (nSPS) is 16.6. The largest absolute Gasteiger partial charge is 0.383 e. The van der Waals surface area contributed by atoms with Gasteiger partial charge in [0.2, 0.25) is 5.91 Å². The third-order valence-electron chi connectivity index (χ3n) is 4.87. The molecule has 0 saturated carbocycles. The van der Waals surface area contributed by atoms with Gasteiger partial charge in [0, 0.05) is 49.9 Å². The molecule has 24 heavy (non-hydrogen) atoms.